The van der Waals surface area contributed by atoms with E-state index in [0.717, 1.165) is 18.7 Å². The normalized spacial score (nSPS) is 20.9. The third-order valence-corrected chi connectivity index (χ3v) is 5.91. The first-order valence-corrected chi connectivity index (χ1v) is 9.97. The summed E-state index contributed by atoms with van der Waals surface area (Å²) < 4.78 is 5.54. The summed E-state index contributed by atoms with van der Waals surface area (Å²) in [5.41, 5.74) is 6.93. The van der Waals surface area contributed by atoms with Crippen LogP contribution < -0.4 is 9.64 Å². The Morgan fingerprint density at radius 1 is 1.07 bits per heavy atom. The van der Waals surface area contributed by atoms with Gasteiger partial charge in [-0.2, -0.15) is 0 Å². The highest BCUT2D eigenvalue weighted by atomic mass is 16.5. The summed E-state index contributed by atoms with van der Waals surface area (Å²) in [5, 5.41) is 0. The Hall–Kier alpha value is -2.22. The molecule has 0 N–H and O–H groups in total. The molecule has 1 aliphatic rings. The molecule has 0 radical (unpaired) electrons. The number of nitrogens with zero attached hydrogens (tertiary/aromatic N) is 1. The van der Waals surface area contributed by atoms with Crippen LogP contribution in [0.25, 0.3) is 0 Å². The number of hydrogen-bond donors (Lipinski definition) is 0. The van der Waals surface area contributed by atoms with Crippen LogP contribution in [-0.4, -0.2) is 13.7 Å². The molecule has 0 aromatic heterocycles. The first-order valence-electron chi connectivity index (χ1n) is 9.97. The van der Waals surface area contributed by atoms with Gasteiger partial charge in [-0.25, -0.2) is 0 Å². The maximum Gasteiger partial charge on any atom is 0.119 e. The van der Waals surface area contributed by atoms with E-state index in [4.69, 9.17) is 4.74 Å². The maximum atomic E-state index is 5.54. The molecule has 1 aliphatic heterocycles. The molecule has 2 aromatic carbocycles. The minimum absolute atomic E-state index is 0.0577. The van der Waals surface area contributed by atoms with Crippen molar-refractivity contribution >= 4 is 5.69 Å². The minimum Gasteiger partial charge on any atom is -0.497 e. The highest BCUT2D eigenvalue weighted by molar-refractivity contribution is 5.72. The van der Waals surface area contributed by atoms with Crippen LogP contribution in [0.4, 0.5) is 5.69 Å². The zero-order valence-electron chi connectivity index (χ0n) is 17.9. The zero-order valence-corrected chi connectivity index (χ0v) is 17.9. The van der Waals surface area contributed by atoms with Crippen LogP contribution in [-0.2, 0) is 17.3 Å². The van der Waals surface area contributed by atoms with Crippen LogP contribution in [0.15, 0.2) is 54.2 Å². The summed E-state index contributed by atoms with van der Waals surface area (Å²) in [4.78, 5) is 2.44. The largest absolute Gasteiger partial charge is 0.497 e. The number of fused-ring (bicyclic) bond motifs is 1. The Bertz CT molecular complexity index is 842. The molecule has 2 nitrogen and oxygen atoms in total. The number of rotatable bonds is 4. The van der Waals surface area contributed by atoms with Gasteiger partial charge in [0.05, 0.1) is 7.11 Å². The molecule has 0 fully saturated rings. The molecule has 0 saturated carbocycles. The molecule has 1 unspecified atom stereocenters. The van der Waals surface area contributed by atoms with Crippen molar-refractivity contribution in [3.05, 3.63) is 70.9 Å². The number of benzene rings is 2. The molecule has 144 valence electrons. The fourth-order valence-corrected chi connectivity index (χ4v) is 4.42. The second-order valence-corrected chi connectivity index (χ2v) is 8.76. The smallest absolute Gasteiger partial charge is 0.119 e. The van der Waals surface area contributed by atoms with Crippen molar-refractivity contribution in [1.82, 2.24) is 0 Å². The molecular formula is C25H33NO. The third kappa shape index (κ3) is 3.38. The fourth-order valence-electron chi connectivity index (χ4n) is 4.42. The van der Waals surface area contributed by atoms with Crippen LogP contribution >= 0.6 is 0 Å². The molecule has 0 spiro atoms. The summed E-state index contributed by atoms with van der Waals surface area (Å²) in [6, 6.07) is 15.7. The second-order valence-electron chi connectivity index (χ2n) is 8.76. The van der Waals surface area contributed by atoms with Gasteiger partial charge in [-0.05, 0) is 67.5 Å². The molecule has 1 atom stereocenters. The van der Waals surface area contributed by atoms with E-state index in [-0.39, 0.29) is 10.8 Å². The van der Waals surface area contributed by atoms with Crippen molar-refractivity contribution in [2.24, 2.45) is 0 Å². The SMILES string of the molecule is C/C=C1\N(CC)c2ccc(OC)cc2C1(C)Cc1ccc(C(C)(C)C)cc1. The number of allylic oxidation sites excluding steroid dienone is 2. The molecule has 0 bridgehead atoms. The molecule has 0 aliphatic carbocycles. The van der Waals surface area contributed by atoms with Gasteiger partial charge < -0.3 is 9.64 Å². The van der Waals surface area contributed by atoms with Crippen molar-refractivity contribution in [2.75, 3.05) is 18.6 Å². The monoisotopic (exact) mass is 363 g/mol. The predicted molar refractivity (Wildman–Crippen MR) is 116 cm³/mol. The van der Waals surface area contributed by atoms with Crippen molar-refractivity contribution < 1.29 is 4.74 Å². The molecule has 3 rings (SSSR count). The average molecular weight is 364 g/mol. The van der Waals surface area contributed by atoms with Crippen molar-refractivity contribution in [3.8, 4) is 5.75 Å². The first kappa shape index (κ1) is 19.5. The van der Waals surface area contributed by atoms with E-state index in [0.29, 0.717) is 0 Å². The van der Waals surface area contributed by atoms with Gasteiger partial charge in [0.2, 0.25) is 0 Å². The predicted octanol–water partition coefficient (Wildman–Crippen LogP) is 6.24. The molecule has 27 heavy (non-hydrogen) atoms. The van der Waals surface area contributed by atoms with Gasteiger partial charge in [0.15, 0.2) is 0 Å². The standard InChI is InChI=1S/C25H33NO/c1-8-23-25(6,17-18-10-12-19(13-11-18)24(3,4)5)21-16-20(27-7)14-15-22(21)26(23)9-2/h8,10-16H,9,17H2,1-7H3/b23-8-. The van der Waals surface area contributed by atoms with E-state index in [1.165, 1.54) is 28.1 Å². The van der Waals surface area contributed by atoms with Gasteiger partial charge in [0, 0.05) is 23.3 Å². The minimum atomic E-state index is -0.0577. The Kier molecular flexibility index (Phi) is 5.12. The molecular weight excluding hydrogens is 330 g/mol. The number of ether oxygens (including phenoxy) is 1. The average Bonchev–Trinajstić information content (AvgIpc) is 2.88. The summed E-state index contributed by atoms with van der Waals surface area (Å²) in [6.07, 6.45) is 3.26. The van der Waals surface area contributed by atoms with Gasteiger partial charge in [-0.15, -0.1) is 0 Å². The van der Waals surface area contributed by atoms with Gasteiger partial charge >= 0.3 is 0 Å². The number of likely N-dealkylation sites (N-methyl/N-ethyl adjacent to an activating group) is 1. The van der Waals surface area contributed by atoms with Crippen LogP contribution in [0.2, 0.25) is 0 Å². The summed E-state index contributed by atoms with van der Waals surface area (Å²) >= 11 is 0. The van der Waals surface area contributed by atoms with Gasteiger partial charge in [0.1, 0.15) is 5.75 Å². The highest BCUT2D eigenvalue weighted by Gasteiger charge is 2.43. The van der Waals surface area contributed by atoms with Crippen LogP contribution in [0.1, 0.15) is 58.2 Å². The Labute approximate surface area is 164 Å². The number of hydrogen-bond acceptors (Lipinski definition) is 2. The lowest BCUT2D eigenvalue weighted by molar-refractivity contribution is 0.413. The van der Waals surface area contributed by atoms with Crippen molar-refractivity contribution in [1.29, 1.82) is 0 Å². The molecule has 0 amide bonds. The summed E-state index contributed by atoms with van der Waals surface area (Å²) in [6.45, 7) is 14.5. The summed E-state index contributed by atoms with van der Waals surface area (Å²) in [5.74, 6) is 0.927. The van der Waals surface area contributed by atoms with Crippen LogP contribution in [0, 0.1) is 0 Å². The van der Waals surface area contributed by atoms with Gasteiger partial charge in [-0.3, -0.25) is 0 Å². The lowest BCUT2D eigenvalue weighted by Gasteiger charge is -2.30. The van der Waals surface area contributed by atoms with E-state index in [1.807, 2.05) is 0 Å². The molecule has 1 heterocycles. The topological polar surface area (TPSA) is 12.5 Å². The quantitative estimate of drug-likeness (QED) is 0.638. The third-order valence-electron chi connectivity index (χ3n) is 5.91. The van der Waals surface area contributed by atoms with E-state index < -0.39 is 0 Å². The Morgan fingerprint density at radius 3 is 2.26 bits per heavy atom. The van der Waals surface area contributed by atoms with Crippen LogP contribution in [0.3, 0.4) is 0 Å². The Morgan fingerprint density at radius 2 is 1.74 bits per heavy atom. The van der Waals surface area contributed by atoms with E-state index in [9.17, 15) is 0 Å². The van der Waals surface area contributed by atoms with E-state index in [2.05, 4.69) is 95.0 Å². The first-order chi connectivity index (χ1) is 12.7. The fraction of sp³-hybridized carbons (Fsp3) is 0.440. The molecule has 2 aromatic rings. The van der Waals surface area contributed by atoms with E-state index in [1.54, 1.807) is 7.11 Å². The van der Waals surface area contributed by atoms with Crippen molar-refractivity contribution in [2.45, 2.75) is 58.8 Å². The van der Waals surface area contributed by atoms with Gasteiger partial charge in [-0.1, -0.05) is 51.1 Å². The lowest BCUT2D eigenvalue weighted by Crippen LogP contribution is -2.30. The molecule has 2 heteroatoms. The van der Waals surface area contributed by atoms with Crippen molar-refractivity contribution in [3.63, 3.8) is 0 Å². The van der Waals surface area contributed by atoms with E-state index >= 15 is 0 Å². The lowest BCUT2D eigenvalue weighted by atomic mass is 9.76. The van der Waals surface area contributed by atoms with Crippen LogP contribution in [0.5, 0.6) is 5.75 Å². The summed E-state index contributed by atoms with van der Waals surface area (Å²) in [7, 11) is 1.74. The second kappa shape index (κ2) is 7.07. The number of anilines is 1. The van der Waals surface area contributed by atoms with Gasteiger partial charge in [0.25, 0.3) is 0 Å². The Balaban J connectivity index is 2.05. The highest BCUT2D eigenvalue weighted by Crippen LogP contribution is 2.50. The maximum absolute atomic E-state index is 5.54. The zero-order chi connectivity index (χ0) is 19.8. The molecule has 0 saturated heterocycles. The number of methoxy groups -OCH3 is 1.